The number of carboxylic acid groups (broad SMARTS) is 1. The first kappa shape index (κ1) is 13.8. The summed E-state index contributed by atoms with van der Waals surface area (Å²) in [6.45, 7) is 3.06. The van der Waals surface area contributed by atoms with E-state index in [-0.39, 0.29) is 17.5 Å². The molecule has 0 aromatic rings. The quantitative estimate of drug-likeness (QED) is 0.805. The van der Waals surface area contributed by atoms with Gasteiger partial charge in [0.2, 0.25) is 0 Å². The Balaban J connectivity index is 2.07. The maximum absolute atomic E-state index is 11.7. The van der Waals surface area contributed by atoms with Crippen LogP contribution in [0.25, 0.3) is 0 Å². The van der Waals surface area contributed by atoms with E-state index in [4.69, 9.17) is 0 Å². The molecule has 2 unspecified atom stereocenters. The molecule has 2 heterocycles. The number of hydrogen-bond acceptors (Lipinski definition) is 4. The Morgan fingerprint density at radius 1 is 1.39 bits per heavy atom. The molecule has 2 aliphatic heterocycles. The first-order chi connectivity index (χ1) is 8.32. The van der Waals surface area contributed by atoms with Crippen LogP contribution in [0.15, 0.2) is 0 Å². The lowest BCUT2D eigenvalue weighted by atomic mass is 9.81. The molecule has 0 bridgehead atoms. The smallest absolute Gasteiger partial charge is 0.310 e. The van der Waals surface area contributed by atoms with Crippen molar-refractivity contribution in [1.29, 1.82) is 0 Å². The Kier molecular flexibility index (Phi) is 3.69. The largest absolute Gasteiger partial charge is 0.481 e. The molecule has 2 atom stereocenters. The second-order valence-electron chi connectivity index (χ2n) is 5.85. The Morgan fingerprint density at radius 3 is 2.72 bits per heavy atom. The average Bonchev–Trinajstić information content (AvgIpc) is 2.27. The van der Waals surface area contributed by atoms with Gasteiger partial charge in [0.05, 0.1) is 16.9 Å². The van der Waals surface area contributed by atoms with Crippen LogP contribution in [-0.2, 0) is 14.6 Å². The Hall–Kier alpha value is -0.620. The summed E-state index contributed by atoms with van der Waals surface area (Å²) in [7, 11) is -2.93. The highest BCUT2D eigenvalue weighted by Gasteiger charge is 2.41. The molecular formula is C12H21NO4S. The van der Waals surface area contributed by atoms with Gasteiger partial charge in [-0.05, 0) is 39.2 Å². The van der Waals surface area contributed by atoms with Gasteiger partial charge >= 0.3 is 5.97 Å². The van der Waals surface area contributed by atoms with Crippen LogP contribution >= 0.6 is 0 Å². The van der Waals surface area contributed by atoms with Crippen LogP contribution in [0.2, 0.25) is 0 Å². The maximum atomic E-state index is 11.7. The SMILES string of the molecule is CC1(C(=O)O)CCCN(C2CCCS(=O)(=O)C2)C1. The van der Waals surface area contributed by atoms with E-state index < -0.39 is 21.2 Å². The number of nitrogens with zero attached hydrogens (tertiary/aromatic N) is 1. The van der Waals surface area contributed by atoms with Crippen LogP contribution in [0.5, 0.6) is 0 Å². The third kappa shape index (κ3) is 2.85. The fourth-order valence-electron chi connectivity index (χ4n) is 3.05. The van der Waals surface area contributed by atoms with Crippen LogP contribution in [0, 0.1) is 5.41 Å². The minimum atomic E-state index is -2.93. The summed E-state index contributed by atoms with van der Waals surface area (Å²) < 4.78 is 23.3. The minimum Gasteiger partial charge on any atom is -0.481 e. The zero-order valence-corrected chi connectivity index (χ0v) is 11.6. The molecule has 0 aliphatic carbocycles. The van der Waals surface area contributed by atoms with Crippen molar-refractivity contribution in [3.05, 3.63) is 0 Å². The number of likely N-dealkylation sites (tertiary alicyclic amines) is 1. The Morgan fingerprint density at radius 2 is 2.11 bits per heavy atom. The van der Waals surface area contributed by atoms with Crippen molar-refractivity contribution < 1.29 is 18.3 Å². The molecule has 0 saturated carbocycles. The Bertz CT molecular complexity index is 433. The topological polar surface area (TPSA) is 74.7 Å². The Labute approximate surface area is 108 Å². The highest BCUT2D eigenvalue weighted by Crippen LogP contribution is 2.32. The molecule has 0 aromatic heterocycles. The number of hydrogen-bond donors (Lipinski definition) is 1. The molecule has 2 aliphatic rings. The van der Waals surface area contributed by atoms with Gasteiger partial charge in [-0.3, -0.25) is 9.69 Å². The maximum Gasteiger partial charge on any atom is 0.310 e. The van der Waals surface area contributed by atoms with Crippen molar-refractivity contribution in [3.8, 4) is 0 Å². The van der Waals surface area contributed by atoms with Gasteiger partial charge in [-0.1, -0.05) is 0 Å². The van der Waals surface area contributed by atoms with Gasteiger partial charge in [0.15, 0.2) is 9.84 Å². The summed E-state index contributed by atoms with van der Waals surface area (Å²) in [5.74, 6) is -0.290. The van der Waals surface area contributed by atoms with Crippen LogP contribution in [0.4, 0.5) is 0 Å². The van der Waals surface area contributed by atoms with Gasteiger partial charge in [-0.15, -0.1) is 0 Å². The number of rotatable bonds is 2. The third-order valence-electron chi connectivity index (χ3n) is 4.20. The van der Waals surface area contributed by atoms with Crippen molar-refractivity contribution in [2.24, 2.45) is 5.41 Å². The zero-order chi connectivity index (χ0) is 13.4. The summed E-state index contributed by atoms with van der Waals surface area (Å²) in [5, 5.41) is 9.27. The second kappa shape index (κ2) is 4.81. The van der Waals surface area contributed by atoms with Gasteiger partial charge < -0.3 is 5.11 Å². The van der Waals surface area contributed by atoms with Gasteiger partial charge in [0, 0.05) is 12.6 Å². The van der Waals surface area contributed by atoms with E-state index in [2.05, 4.69) is 4.90 Å². The van der Waals surface area contributed by atoms with Gasteiger partial charge in [0.25, 0.3) is 0 Å². The fraction of sp³-hybridized carbons (Fsp3) is 0.917. The predicted molar refractivity (Wildman–Crippen MR) is 68.2 cm³/mol. The molecule has 2 rings (SSSR count). The first-order valence-electron chi connectivity index (χ1n) is 6.50. The monoisotopic (exact) mass is 275 g/mol. The lowest BCUT2D eigenvalue weighted by Gasteiger charge is -2.42. The highest BCUT2D eigenvalue weighted by molar-refractivity contribution is 7.91. The van der Waals surface area contributed by atoms with E-state index in [1.54, 1.807) is 6.92 Å². The molecule has 18 heavy (non-hydrogen) atoms. The molecule has 0 spiro atoms. The van der Waals surface area contributed by atoms with E-state index >= 15 is 0 Å². The third-order valence-corrected chi connectivity index (χ3v) is 6.00. The van der Waals surface area contributed by atoms with Crippen molar-refractivity contribution in [2.75, 3.05) is 24.6 Å². The first-order valence-corrected chi connectivity index (χ1v) is 8.32. The number of aliphatic carboxylic acids is 1. The lowest BCUT2D eigenvalue weighted by molar-refractivity contribution is -0.151. The summed E-state index contributed by atoms with van der Waals surface area (Å²) in [6.07, 6.45) is 3.08. The van der Waals surface area contributed by atoms with Crippen molar-refractivity contribution in [3.63, 3.8) is 0 Å². The van der Waals surface area contributed by atoms with E-state index in [9.17, 15) is 18.3 Å². The molecule has 6 heteroatoms. The number of carboxylic acids is 1. The van der Waals surface area contributed by atoms with E-state index in [0.717, 1.165) is 19.4 Å². The molecule has 104 valence electrons. The summed E-state index contributed by atoms with van der Waals surface area (Å²) in [5.41, 5.74) is -0.723. The van der Waals surface area contributed by atoms with Crippen molar-refractivity contribution in [1.82, 2.24) is 4.90 Å². The van der Waals surface area contributed by atoms with E-state index in [0.29, 0.717) is 19.4 Å². The number of sulfone groups is 1. The standard InChI is InChI=1S/C12H21NO4S/c1-12(11(14)15)5-3-6-13(9-12)10-4-2-7-18(16,17)8-10/h10H,2-9H2,1H3,(H,14,15). The van der Waals surface area contributed by atoms with Crippen LogP contribution < -0.4 is 0 Å². The van der Waals surface area contributed by atoms with Crippen LogP contribution in [0.1, 0.15) is 32.6 Å². The summed E-state index contributed by atoms with van der Waals surface area (Å²) in [6, 6.07) is 0.0164. The molecular weight excluding hydrogens is 254 g/mol. The van der Waals surface area contributed by atoms with E-state index in [1.807, 2.05) is 0 Å². The van der Waals surface area contributed by atoms with Crippen molar-refractivity contribution in [2.45, 2.75) is 38.6 Å². The van der Waals surface area contributed by atoms with E-state index in [1.165, 1.54) is 0 Å². The summed E-state index contributed by atoms with van der Waals surface area (Å²) >= 11 is 0. The lowest BCUT2D eigenvalue weighted by Crippen LogP contribution is -2.53. The predicted octanol–water partition coefficient (Wildman–Crippen LogP) is 0.750. The molecule has 1 N–H and O–H groups in total. The molecule has 5 nitrogen and oxygen atoms in total. The van der Waals surface area contributed by atoms with Crippen LogP contribution in [0.3, 0.4) is 0 Å². The zero-order valence-electron chi connectivity index (χ0n) is 10.8. The normalized spacial score (nSPS) is 37.3. The second-order valence-corrected chi connectivity index (χ2v) is 8.08. The number of carbonyl (C=O) groups is 1. The molecule has 0 aromatic carbocycles. The van der Waals surface area contributed by atoms with Crippen LogP contribution in [-0.4, -0.2) is 55.0 Å². The number of piperidine rings is 1. The van der Waals surface area contributed by atoms with Crippen molar-refractivity contribution >= 4 is 15.8 Å². The minimum absolute atomic E-state index is 0.0164. The van der Waals surface area contributed by atoms with Gasteiger partial charge in [-0.2, -0.15) is 0 Å². The molecule has 2 fully saturated rings. The fourth-order valence-corrected chi connectivity index (χ4v) is 4.79. The average molecular weight is 275 g/mol. The van der Waals surface area contributed by atoms with Gasteiger partial charge in [0.1, 0.15) is 0 Å². The van der Waals surface area contributed by atoms with Gasteiger partial charge in [-0.25, -0.2) is 8.42 Å². The highest BCUT2D eigenvalue weighted by atomic mass is 32.2. The summed E-state index contributed by atoms with van der Waals surface area (Å²) in [4.78, 5) is 13.4. The molecule has 0 amide bonds. The molecule has 2 saturated heterocycles. The molecule has 0 radical (unpaired) electrons.